The lowest BCUT2D eigenvalue weighted by Gasteiger charge is -2.26. The Kier molecular flexibility index (Phi) is 6.75. The summed E-state index contributed by atoms with van der Waals surface area (Å²) in [5, 5.41) is 22.7. The maximum absolute atomic E-state index is 12.2. The molecule has 3 aromatic carbocycles. The number of nitrogens with zero attached hydrogens (tertiary/aromatic N) is 2. The maximum Gasteiger partial charge on any atom is 0.258 e. The summed E-state index contributed by atoms with van der Waals surface area (Å²) in [6.45, 7) is 5.30. The third-order valence-corrected chi connectivity index (χ3v) is 6.47. The molecule has 0 radical (unpaired) electrons. The third kappa shape index (κ3) is 5.12. The molecule has 1 fully saturated rings. The number of amides is 1. The summed E-state index contributed by atoms with van der Waals surface area (Å²) in [5.41, 5.74) is 9.04. The van der Waals surface area contributed by atoms with Gasteiger partial charge in [-0.2, -0.15) is 0 Å². The maximum atomic E-state index is 12.2. The number of ether oxygens (including phenoxy) is 1. The van der Waals surface area contributed by atoms with E-state index in [0.29, 0.717) is 32.8 Å². The lowest BCUT2D eigenvalue weighted by Crippen LogP contribution is -2.47. The molecule has 1 aromatic heterocycles. The summed E-state index contributed by atoms with van der Waals surface area (Å²) in [6.07, 6.45) is 3.35. The quantitative estimate of drug-likeness (QED) is 0.353. The van der Waals surface area contributed by atoms with E-state index in [4.69, 9.17) is 4.74 Å². The highest BCUT2D eigenvalue weighted by atomic mass is 16.5. The smallest absolute Gasteiger partial charge is 0.258 e. The molecule has 1 aliphatic heterocycles. The van der Waals surface area contributed by atoms with Gasteiger partial charge < -0.3 is 19.5 Å². The molecule has 7 heteroatoms. The molecule has 5 rings (SSSR count). The van der Waals surface area contributed by atoms with E-state index in [-0.39, 0.29) is 17.4 Å². The van der Waals surface area contributed by atoms with Crippen LogP contribution >= 0.6 is 0 Å². The van der Waals surface area contributed by atoms with Crippen LogP contribution in [0.3, 0.4) is 0 Å². The van der Waals surface area contributed by atoms with Crippen molar-refractivity contribution in [1.82, 2.24) is 15.0 Å². The highest BCUT2D eigenvalue weighted by molar-refractivity contribution is 5.93. The minimum Gasteiger partial charge on any atom is -0.508 e. The second kappa shape index (κ2) is 10.3. The van der Waals surface area contributed by atoms with E-state index in [0.717, 1.165) is 38.9 Å². The van der Waals surface area contributed by atoms with Crippen molar-refractivity contribution in [3.05, 3.63) is 89.5 Å². The van der Waals surface area contributed by atoms with Crippen molar-refractivity contribution in [2.24, 2.45) is 0 Å². The van der Waals surface area contributed by atoms with E-state index < -0.39 is 0 Å². The SMILES string of the molecule is Cc1c(-c2ccc(O)cc2)n(Cc2ccc(/C=C/C(=O)NN3CCOCC3)cc2)c2ccc(O)cc12. The molecule has 3 N–H and O–H groups in total. The number of phenolic OH excluding ortho intramolecular Hbond substituents is 2. The number of carbonyl (C=O) groups is 1. The fourth-order valence-electron chi connectivity index (χ4n) is 4.62. The molecular formula is C29H29N3O4. The molecule has 0 spiro atoms. The number of carbonyl (C=O) groups excluding carboxylic acids is 1. The first-order chi connectivity index (χ1) is 17.5. The van der Waals surface area contributed by atoms with Crippen LogP contribution in [0.4, 0.5) is 0 Å². The lowest BCUT2D eigenvalue weighted by molar-refractivity contribution is -0.123. The van der Waals surface area contributed by atoms with Gasteiger partial charge in [-0.05, 0) is 77.7 Å². The van der Waals surface area contributed by atoms with E-state index in [2.05, 4.69) is 29.0 Å². The molecule has 0 atom stereocenters. The molecule has 7 nitrogen and oxygen atoms in total. The molecular weight excluding hydrogens is 454 g/mol. The molecule has 0 bridgehead atoms. The average molecular weight is 484 g/mol. The van der Waals surface area contributed by atoms with Crippen LogP contribution in [-0.4, -0.2) is 52.0 Å². The van der Waals surface area contributed by atoms with E-state index in [1.807, 2.05) is 35.3 Å². The zero-order valence-corrected chi connectivity index (χ0v) is 20.1. The van der Waals surface area contributed by atoms with Gasteiger partial charge in [0.15, 0.2) is 0 Å². The number of morpholine rings is 1. The Morgan fingerprint density at radius 2 is 1.67 bits per heavy atom. The van der Waals surface area contributed by atoms with Crippen molar-refractivity contribution in [2.45, 2.75) is 13.5 Å². The van der Waals surface area contributed by atoms with Crippen molar-refractivity contribution in [1.29, 1.82) is 0 Å². The molecule has 36 heavy (non-hydrogen) atoms. The fraction of sp³-hybridized carbons (Fsp3) is 0.207. The monoisotopic (exact) mass is 483 g/mol. The van der Waals surface area contributed by atoms with Crippen molar-refractivity contribution < 1.29 is 19.7 Å². The number of hydrazine groups is 1. The summed E-state index contributed by atoms with van der Waals surface area (Å²) in [5.74, 6) is 0.296. The Bertz CT molecular complexity index is 1400. The number of hydrogen-bond acceptors (Lipinski definition) is 5. The van der Waals surface area contributed by atoms with Crippen molar-refractivity contribution in [3.63, 3.8) is 0 Å². The number of aromatic hydroxyl groups is 2. The van der Waals surface area contributed by atoms with Crippen LogP contribution in [0.5, 0.6) is 11.5 Å². The number of rotatable bonds is 6. The fourth-order valence-corrected chi connectivity index (χ4v) is 4.62. The molecule has 1 aliphatic rings. The van der Waals surface area contributed by atoms with E-state index >= 15 is 0 Å². The molecule has 0 saturated carbocycles. The predicted octanol–water partition coefficient (Wildman–Crippen LogP) is 4.45. The zero-order chi connectivity index (χ0) is 25.1. The van der Waals surface area contributed by atoms with E-state index in [1.165, 1.54) is 0 Å². The van der Waals surface area contributed by atoms with Gasteiger partial charge in [0, 0.05) is 36.6 Å². The first kappa shape index (κ1) is 23.7. The Balaban J connectivity index is 1.38. The minimum atomic E-state index is -0.156. The van der Waals surface area contributed by atoms with Crippen LogP contribution in [0.2, 0.25) is 0 Å². The molecule has 0 unspecified atom stereocenters. The molecule has 2 heterocycles. The highest BCUT2D eigenvalue weighted by Crippen LogP contribution is 2.36. The van der Waals surface area contributed by atoms with Gasteiger partial charge in [0.05, 0.1) is 18.9 Å². The van der Waals surface area contributed by atoms with Crippen molar-refractivity contribution in [2.75, 3.05) is 26.3 Å². The van der Waals surface area contributed by atoms with Crippen LogP contribution in [0.25, 0.3) is 28.2 Å². The van der Waals surface area contributed by atoms with Gasteiger partial charge in [-0.25, -0.2) is 5.01 Å². The minimum absolute atomic E-state index is 0.156. The first-order valence-corrected chi connectivity index (χ1v) is 12.0. The zero-order valence-electron chi connectivity index (χ0n) is 20.1. The number of phenols is 2. The molecule has 4 aromatic rings. The van der Waals surface area contributed by atoms with Crippen LogP contribution in [-0.2, 0) is 16.1 Å². The number of benzene rings is 3. The Morgan fingerprint density at radius 3 is 2.39 bits per heavy atom. The Hall–Kier alpha value is -4.07. The summed E-state index contributed by atoms with van der Waals surface area (Å²) >= 11 is 0. The van der Waals surface area contributed by atoms with Crippen LogP contribution in [0.1, 0.15) is 16.7 Å². The number of nitrogens with one attached hydrogen (secondary N) is 1. The molecule has 184 valence electrons. The third-order valence-electron chi connectivity index (χ3n) is 6.47. The normalized spacial score (nSPS) is 14.5. The molecule has 0 aliphatic carbocycles. The van der Waals surface area contributed by atoms with Crippen molar-refractivity contribution >= 4 is 22.9 Å². The first-order valence-electron chi connectivity index (χ1n) is 12.0. The van der Waals surface area contributed by atoms with E-state index in [1.54, 1.807) is 36.4 Å². The van der Waals surface area contributed by atoms with Crippen LogP contribution < -0.4 is 5.43 Å². The second-order valence-corrected chi connectivity index (χ2v) is 8.96. The van der Waals surface area contributed by atoms with Crippen LogP contribution in [0.15, 0.2) is 72.8 Å². The number of aromatic nitrogens is 1. The largest absolute Gasteiger partial charge is 0.508 e. The summed E-state index contributed by atoms with van der Waals surface area (Å²) in [7, 11) is 0. The molecule has 1 saturated heterocycles. The Morgan fingerprint density at radius 1 is 0.972 bits per heavy atom. The van der Waals surface area contributed by atoms with Gasteiger partial charge in [0.2, 0.25) is 0 Å². The lowest BCUT2D eigenvalue weighted by atomic mass is 10.1. The van der Waals surface area contributed by atoms with Gasteiger partial charge in [-0.1, -0.05) is 24.3 Å². The topological polar surface area (TPSA) is 87.0 Å². The molecule has 1 amide bonds. The van der Waals surface area contributed by atoms with Crippen LogP contribution in [0, 0.1) is 6.92 Å². The summed E-state index contributed by atoms with van der Waals surface area (Å²) < 4.78 is 7.53. The number of hydrogen-bond donors (Lipinski definition) is 3. The van der Waals surface area contributed by atoms with Gasteiger partial charge in [0.25, 0.3) is 5.91 Å². The average Bonchev–Trinajstić information content (AvgIpc) is 3.15. The summed E-state index contributed by atoms with van der Waals surface area (Å²) in [4.78, 5) is 12.2. The predicted molar refractivity (Wildman–Crippen MR) is 141 cm³/mol. The number of fused-ring (bicyclic) bond motifs is 1. The Labute approximate surface area is 209 Å². The standard InChI is InChI=1S/C29H29N3O4/c1-20-26-18-25(34)11-12-27(26)32(29(20)23-7-9-24(33)10-8-23)19-22-4-2-21(3-5-22)6-13-28(35)30-31-14-16-36-17-15-31/h2-13,18,33-34H,14-17,19H2,1H3,(H,30,35)/b13-6+. The second-order valence-electron chi connectivity index (χ2n) is 8.96. The van der Waals surface area contributed by atoms with Crippen molar-refractivity contribution in [3.8, 4) is 22.8 Å². The van der Waals surface area contributed by atoms with E-state index in [9.17, 15) is 15.0 Å². The van der Waals surface area contributed by atoms with Gasteiger partial charge >= 0.3 is 0 Å². The van der Waals surface area contributed by atoms with Gasteiger partial charge in [0.1, 0.15) is 11.5 Å². The van der Waals surface area contributed by atoms with Gasteiger partial charge in [-0.3, -0.25) is 10.2 Å². The van der Waals surface area contributed by atoms with Gasteiger partial charge in [-0.15, -0.1) is 0 Å². The highest BCUT2D eigenvalue weighted by Gasteiger charge is 2.17. The summed E-state index contributed by atoms with van der Waals surface area (Å²) in [6, 6.07) is 20.7. The number of aryl methyl sites for hydroxylation is 1.